The average molecular weight is 574 g/mol. The number of aryl methyl sites for hydroxylation is 1. The number of halogens is 3. The van der Waals surface area contributed by atoms with Crippen molar-refractivity contribution in [3.05, 3.63) is 71.1 Å². The maximum absolute atomic E-state index is 13.2. The standard InChI is InChI=1S/C30H34F3N3O3S/c1-20-7-9-22(10-8-20)26-15-16-27(40-26)29(38)36-25(19-21-5-3-2-4-6-21)28(37)35-18-17-34-23-11-13-24(14-12-23)39-30(31,32)33/h7-16,21,25,34H,2-6,17-19H2,1H3,(H,35,37)(H,36,38)/t25-/m0/s1. The molecule has 10 heteroatoms. The molecule has 1 aromatic heterocycles. The van der Waals surface area contributed by atoms with E-state index in [1.807, 2.05) is 37.3 Å². The van der Waals surface area contributed by atoms with Gasteiger partial charge < -0.3 is 20.7 Å². The van der Waals surface area contributed by atoms with Crippen LogP contribution in [0.15, 0.2) is 60.7 Å². The van der Waals surface area contributed by atoms with Gasteiger partial charge in [-0.1, -0.05) is 61.9 Å². The van der Waals surface area contributed by atoms with Gasteiger partial charge >= 0.3 is 6.36 Å². The van der Waals surface area contributed by atoms with Crippen LogP contribution in [0.4, 0.5) is 18.9 Å². The lowest BCUT2D eigenvalue weighted by Crippen LogP contribution is -2.48. The Morgan fingerprint density at radius 2 is 1.65 bits per heavy atom. The lowest BCUT2D eigenvalue weighted by atomic mass is 9.84. The fourth-order valence-corrected chi connectivity index (χ4v) is 5.75. The summed E-state index contributed by atoms with van der Waals surface area (Å²) in [5.74, 6) is -0.431. The van der Waals surface area contributed by atoms with Gasteiger partial charge in [0, 0.05) is 23.7 Å². The van der Waals surface area contributed by atoms with Crippen LogP contribution in [0.25, 0.3) is 10.4 Å². The summed E-state index contributed by atoms with van der Waals surface area (Å²) in [6.45, 7) is 2.67. The quantitative estimate of drug-likeness (QED) is 0.218. The summed E-state index contributed by atoms with van der Waals surface area (Å²) in [6.07, 6.45) is 1.41. The zero-order chi connectivity index (χ0) is 28.5. The maximum atomic E-state index is 13.2. The fourth-order valence-electron chi connectivity index (χ4n) is 4.84. The van der Waals surface area contributed by atoms with E-state index in [0.29, 0.717) is 29.4 Å². The molecule has 6 nitrogen and oxygen atoms in total. The minimum atomic E-state index is -4.74. The maximum Gasteiger partial charge on any atom is 0.573 e. The number of alkyl halides is 3. The molecule has 0 radical (unpaired) electrons. The third-order valence-corrected chi connectivity index (χ3v) is 8.06. The van der Waals surface area contributed by atoms with Crippen molar-refractivity contribution in [2.24, 2.45) is 5.92 Å². The number of carbonyl (C=O) groups excluding carboxylic acids is 2. The van der Waals surface area contributed by atoms with Crippen molar-refractivity contribution in [1.82, 2.24) is 10.6 Å². The van der Waals surface area contributed by atoms with Crippen molar-refractivity contribution in [1.29, 1.82) is 0 Å². The Kier molecular flexibility index (Phi) is 10.1. The number of carbonyl (C=O) groups is 2. The molecule has 1 aliphatic carbocycles. The largest absolute Gasteiger partial charge is 0.573 e. The zero-order valence-electron chi connectivity index (χ0n) is 22.4. The van der Waals surface area contributed by atoms with Crippen LogP contribution in [0, 0.1) is 12.8 Å². The molecule has 1 heterocycles. The van der Waals surface area contributed by atoms with E-state index in [1.165, 1.54) is 47.6 Å². The lowest BCUT2D eigenvalue weighted by Gasteiger charge is -2.26. The second kappa shape index (κ2) is 13.7. The van der Waals surface area contributed by atoms with E-state index < -0.39 is 12.4 Å². The average Bonchev–Trinajstić information content (AvgIpc) is 3.42. The SMILES string of the molecule is Cc1ccc(-c2ccc(C(=O)N[C@@H](CC3CCCCC3)C(=O)NCCNc3ccc(OC(F)(F)F)cc3)s2)cc1. The summed E-state index contributed by atoms with van der Waals surface area (Å²) in [5, 5.41) is 8.92. The number of ether oxygens (including phenoxy) is 1. The molecule has 0 spiro atoms. The van der Waals surface area contributed by atoms with Crippen LogP contribution in [0.5, 0.6) is 5.75 Å². The molecule has 40 heavy (non-hydrogen) atoms. The van der Waals surface area contributed by atoms with Gasteiger partial charge in [0.15, 0.2) is 0 Å². The minimum absolute atomic E-state index is 0.245. The third kappa shape index (κ3) is 9.01. The van der Waals surface area contributed by atoms with Crippen molar-refractivity contribution >= 4 is 28.8 Å². The van der Waals surface area contributed by atoms with E-state index >= 15 is 0 Å². The molecular weight excluding hydrogens is 539 g/mol. The molecule has 214 valence electrons. The normalized spacial score (nSPS) is 14.8. The van der Waals surface area contributed by atoms with Crippen LogP contribution in [0.3, 0.4) is 0 Å². The highest BCUT2D eigenvalue weighted by molar-refractivity contribution is 7.17. The molecule has 0 bridgehead atoms. The third-order valence-electron chi connectivity index (χ3n) is 6.92. The van der Waals surface area contributed by atoms with Gasteiger partial charge in [0.1, 0.15) is 11.8 Å². The van der Waals surface area contributed by atoms with Crippen LogP contribution in [0.2, 0.25) is 0 Å². The van der Waals surface area contributed by atoms with Crippen LogP contribution < -0.4 is 20.7 Å². The monoisotopic (exact) mass is 573 g/mol. The van der Waals surface area contributed by atoms with Gasteiger partial charge in [0.05, 0.1) is 4.88 Å². The van der Waals surface area contributed by atoms with E-state index in [-0.39, 0.29) is 24.1 Å². The summed E-state index contributed by atoms with van der Waals surface area (Å²) in [7, 11) is 0. The molecule has 2 amide bonds. The number of anilines is 1. The lowest BCUT2D eigenvalue weighted by molar-refractivity contribution is -0.274. The molecule has 3 N–H and O–H groups in total. The number of nitrogens with one attached hydrogen (secondary N) is 3. The van der Waals surface area contributed by atoms with Crippen LogP contribution in [-0.4, -0.2) is 37.3 Å². The van der Waals surface area contributed by atoms with Gasteiger partial charge in [-0.3, -0.25) is 9.59 Å². The molecule has 1 fully saturated rings. The highest BCUT2D eigenvalue weighted by Gasteiger charge is 2.31. The first-order valence-electron chi connectivity index (χ1n) is 13.5. The number of thiophene rings is 1. The fraction of sp³-hybridized carbons (Fsp3) is 0.400. The Hall–Kier alpha value is -3.53. The van der Waals surface area contributed by atoms with E-state index in [0.717, 1.165) is 36.1 Å². The van der Waals surface area contributed by atoms with Crippen molar-refractivity contribution in [3.63, 3.8) is 0 Å². The second-order valence-corrected chi connectivity index (χ2v) is 11.2. The molecule has 1 atom stereocenters. The smallest absolute Gasteiger partial charge is 0.406 e. The van der Waals surface area contributed by atoms with Gasteiger partial charge in [-0.2, -0.15) is 0 Å². The highest BCUT2D eigenvalue weighted by Crippen LogP contribution is 2.30. The summed E-state index contributed by atoms with van der Waals surface area (Å²) < 4.78 is 40.9. The minimum Gasteiger partial charge on any atom is -0.406 e. The number of benzene rings is 2. The van der Waals surface area contributed by atoms with E-state index in [2.05, 4.69) is 20.7 Å². The molecule has 1 saturated carbocycles. The van der Waals surface area contributed by atoms with Gasteiger partial charge in [-0.05, 0) is 61.2 Å². The summed E-state index contributed by atoms with van der Waals surface area (Å²) >= 11 is 1.40. The molecule has 0 saturated heterocycles. The van der Waals surface area contributed by atoms with Crippen molar-refractivity contribution in [2.75, 3.05) is 18.4 Å². The molecule has 0 aliphatic heterocycles. The summed E-state index contributed by atoms with van der Waals surface area (Å²) in [4.78, 5) is 27.9. The topological polar surface area (TPSA) is 79.5 Å². The van der Waals surface area contributed by atoms with Gasteiger partial charge in [-0.15, -0.1) is 24.5 Å². The second-order valence-electron chi connectivity index (χ2n) is 10.1. The van der Waals surface area contributed by atoms with Gasteiger partial charge in [-0.25, -0.2) is 0 Å². The predicted molar refractivity (Wildman–Crippen MR) is 152 cm³/mol. The van der Waals surface area contributed by atoms with E-state index in [9.17, 15) is 22.8 Å². The first-order valence-corrected chi connectivity index (χ1v) is 14.3. The van der Waals surface area contributed by atoms with Crippen molar-refractivity contribution in [3.8, 4) is 16.2 Å². The number of hydrogen-bond acceptors (Lipinski definition) is 5. The number of amides is 2. The molecule has 1 aliphatic rings. The number of hydrogen-bond donors (Lipinski definition) is 3. The van der Waals surface area contributed by atoms with Crippen molar-refractivity contribution in [2.45, 2.75) is 57.9 Å². The Morgan fingerprint density at radius 3 is 2.33 bits per heavy atom. The van der Waals surface area contributed by atoms with E-state index in [1.54, 1.807) is 6.07 Å². The molecule has 4 rings (SSSR count). The summed E-state index contributed by atoms with van der Waals surface area (Å²) in [5.41, 5.74) is 2.80. The Balaban J connectivity index is 1.32. The Labute approximate surface area is 236 Å². The predicted octanol–water partition coefficient (Wildman–Crippen LogP) is 6.92. The van der Waals surface area contributed by atoms with Crippen LogP contribution in [0.1, 0.15) is 53.8 Å². The number of rotatable bonds is 11. The first kappa shape index (κ1) is 29.5. The van der Waals surface area contributed by atoms with Crippen LogP contribution >= 0.6 is 11.3 Å². The van der Waals surface area contributed by atoms with Gasteiger partial charge in [0.2, 0.25) is 5.91 Å². The van der Waals surface area contributed by atoms with Crippen molar-refractivity contribution < 1.29 is 27.5 Å². The Morgan fingerprint density at radius 1 is 0.950 bits per heavy atom. The van der Waals surface area contributed by atoms with Crippen LogP contribution in [-0.2, 0) is 4.79 Å². The molecule has 2 aromatic carbocycles. The van der Waals surface area contributed by atoms with E-state index in [4.69, 9.17) is 0 Å². The highest BCUT2D eigenvalue weighted by atomic mass is 32.1. The first-order chi connectivity index (χ1) is 19.2. The zero-order valence-corrected chi connectivity index (χ0v) is 23.2. The Bertz CT molecular complexity index is 1250. The van der Waals surface area contributed by atoms with Gasteiger partial charge in [0.25, 0.3) is 5.91 Å². The molecule has 3 aromatic rings. The molecule has 0 unspecified atom stereocenters. The summed E-state index contributed by atoms with van der Waals surface area (Å²) in [6, 6.07) is 16.6. The molecular formula is C30H34F3N3O3S.